The molecule has 4 rings (SSSR count). The Balaban J connectivity index is 1.79. The minimum absolute atomic E-state index is 0.161. The second-order valence-electron chi connectivity index (χ2n) is 6.95. The summed E-state index contributed by atoms with van der Waals surface area (Å²) in [7, 11) is -1.76. The molecular formula is C22H20ClN3O2S. The molecule has 7 heteroatoms. The van der Waals surface area contributed by atoms with Crippen LogP contribution in [0.2, 0.25) is 5.02 Å². The fraction of sp³-hybridized carbons (Fsp3) is 0.136. The normalized spacial score (nSPS) is 11.7. The van der Waals surface area contributed by atoms with Crippen molar-refractivity contribution in [1.82, 2.24) is 8.96 Å². The average Bonchev–Trinajstić information content (AvgIpc) is 3.08. The van der Waals surface area contributed by atoms with Crippen molar-refractivity contribution < 1.29 is 8.42 Å². The van der Waals surface area contributed by atoms with Gasteiger partial charge in [-0.05, 0) is 54.4 Å². The first-order valence-corrected chi connectivity index (χ1v) is 10.9. The highest BCUT2D eigenvalue weighted by Gasteiger charge is 2.22. The number of hydrogen-bond acceptors (Lipinski definition) is 4. The third kappa shape index (κ3) is 3.61. The molecule has 0 aliphatic carbocycles. The molecule has 2 aromatic carbocycles. The summed E-state index contributed by atoms with van der Waals surface area (Å²) in [4.78, 5) is 6.21. The van der Waals surface area contributed by atoms with Crippen molar-refractivity contribution in [3.8, 4) is 0 Å². The molecule has 5 nitrogen and oxygen atoms in total. The number of hydrogen-bond donors (Lipinski definition) is 0. The van der Waals surface area contributed by atoms with Crippen LogP contribution in [0, 0.1) is 6.92 Å². The summed E-state index contributed by atoms with van der Waals surface area (Å²) >= 11 is 6.08. The number of benzene rings is 2. The SMILES string of the molecule is Cc1cc(Cl)ccc1N(C)Cc1cn(S(=O)(=O)c2cccnc2)c2ccccc12. The van der Waals surface area contributed by atoms with Crippen LogP contribution in [0.4, 0.5) is 5.69 Å². The largest absolute Gasteiger partial charge is 0.370 e. The number of aromatic nitrogens is 2. The van der Waals surface area contributed by atoms with E-state index in [1.807, 2.05) is 56.4 Å². The van der Waals surface area contributed by atoms with Gasteiger partial charge >= 0.3 is 0 Å². The minimum atomic E-state index is -3.74. The molecule has 0 saturated carbocycles. The van der Waals surface area contributed by atoms with Crippen LogP contribution >= 0.6 is 11.6 Å². The number of halogens is 1. The lowest BCUT2D eigenvalue weighted by atomic mass is 10.1. The molecule has 148 valence electrons. The van der Waals surface area contributed by atoms with Crippen LogP contribution in [0.3, 0.4) is 0 Å². The van der Waals surface area contributed by atoms with E-state index in [1.165, 1.54) is 10.2 Å². The smallest absolute Gasteiger partial charge is 0.269 e. The zero-order valence-electron chi connectivity index (χ0n) is 16.1. The maximum atomic E-state index is 13.2. The molecule has 0 saturated heterocycles. The Morgan fingerprint density at radius 2 is 1.90 bits per heavy atom. The molecular weight excluding hydrogens is 406 g/mol. The Bertz CT molecular complexity index is 1280. The summed E-state index contributed by atoms with van der Waals surface area (Å²) in [6.45, 7) is 2.56. The van der Waals surface area contributed by atoms with Crippen LogP contribution in [0.25, 0.3) is 10.9 Å². The highest BCUT2D eigenvalue weighted by atomic mass is 35.5. The standard InChI is InChI=1S/C22H20ClN3O2S/c1-16-12-18(23)9-10-21(16)25(2)14-17-15-26(22-8-4-3-7-20(17)22)29(27,28)19-6-5-11-24-13-19/h3-13,15H,14H2,1-2H3. The van der Waals surface area contributed by atoms with Gasteiger partial charge in [0, 0.05) is 48.3 Å². The molecule has 0 bridgehead atoms. The Morgan fingerprint density at radius 3 is 2.62 bits per heavy atom. The van der Waals surface area contributed by atoms with Gasteiger partial charge < -0.3 is 4.90 Å². The van der Waals surface area contributed by atoms with Crippen molar-refractivity contribution in [2.75, 3.05) is 11.9 Å². The van der Waals surface area contributed by atoms with E-state index in [1.54, 1.807) is 24.5 Å². The zero-order valence-corrected chi connectivity index (χ0v) is 17.7. The van der Waals surface area contributed by atoms with Gasteiger partial charge in [0.1, 0.15) is 4.90 Å². The van der Waals surface area contributed by atoms with Crippen molar-refractivity contribution in [2.24, 2.45) is 0 Å². The highest BCUT2D eigenvalue weighted by Crippen LogP contribution is 2.29. The molecule has 0 aliphatic rings. The lowest BCUT2D eigenvalue weighted by molar-refractivity contribution is 0.588. The van der Waals surface area contributed by atoms with E-state index in [0.29, 0.717) is 17.1 Å². The molecule has 0 radical (unpaired) electrons. The molecule has 0 amide bonds. The summed E-state index contributed by atoms with van der Waals surface area (Å²) in [5.41, 5.74) is 3.67. The van der Waals surface area contributed by atoms with E-state index >= 15 is 0 Å². The van der Waals surface area contributed by atoms with Crippen molar-refractivity contribution in [3.05, 3.63) is 89.3 Å². The quantitative estimate of drug-likeness (QED) is 0.457. The van der Waals surface area contributed by atoms with Crippen LogP contribution in [0.5, 0.6) is 0 Å². The van der Waals surface area contributed by atoms with Crippen molar-refractivity contribution in [3.63, 3.8) is 0 Å². The molecule has 29 heavy (non-hydrogen) atoms. The number of rotatable bonds is 5. The molecule has 2 aromatic heterocycles. The van der Waals surface area contributed by atoms with Crippen LogP contribution < -0.4 is 4.90 Å². The first-order valence-electron chi connectivity index (χ1n) is 9.10. The van der Waals surface area contributed by atoms with Gasteiger partial charge in [0.15, 0.2) is 0 Å². The van der Waals surface area contributed by atoms with Gasteiger partial charge in [0.05, 0.1) is 5.52 Å². The van der Waals surface area contributed by atoms with E-state index in [-0.39, 0.29) is 4.90 Å². The number of anilines is 1. The van der Waals surface area contributed by atoms with Crippen LogP contribution in [-0.2, 0) is 16.6 Å². The number of para-hydroxylation sites is 1. The van der Waals surface area contributed by atoms with E-state index in [9.17, 15) is 8.42 Å². The molecule has 0 fully saturated rings. The molecule has 4 aromatic rings. The molecule has 0 unspecified atom stereocenters. The second kappa shape index (κ2) is 7.54. The summed E-state index contributed by atoms with van der Waals surface area (Å²) in [5.74, 6) is 0. The van der Waals surface area contributed by atoms with Gasteiger partial charge in [-0.2, -0.15) is 0 Å². The maximum Gasteiger partial charge on any atom is 0.269 e. The van der Waals surface area contributed by atoms with E-state index < -0.39 is 10.0 Å². The van der Waals surface area contributed by atoms with Gasteiger partial charge in [-0.15, -0.1) is 0 Å². The number of aryl methyl sites for hydroxylation is 1. The highest BCUT2D eigenvalue weighted by molar-refractivity contribution is 7.90. The van der Waals surface area contributed by atoms with Crippen LogP contribution in [-0.4, -0.2) is 24.4 Å². The lowest BCUT2D eigenvalue weighted by Crippen LogP contribution is -2.17. The topological polar surface area (TPSA) is 55.2 Å². The third-order valence-electron chi connectivity index (χ3n) is 4.93. The first kappa shape index (κ1) is 19.5. The second-order valence-corrected chi connectivity index (χ2v) is 9.20. The predicted molar refractivity (Wildman–Crippen MR) is 117 cm³/mol. The fourth-order valence-electron chi connectivity index (χ4n) is 3.54. The monoisotopic (exact) mass is 425 g/mol. The maximum absolute atomic E-state index is 13.2. The Hall–Kier alpha value is -2.83. The number of pyridine rings is 1. The van der Waals surface area contributed by atoms with Gasteiger partial charge in [-0.1, -0.05) is 29.8 Å². The third-order valence-corrected chi connectivity index (χ3v) is 6.82. The van der Waals surface area contributed by atoms with E-state index in [0.717, 1.165) is 22.2 Å². The molecule has 0 aliphatic heterocycles. The average molecular weight is 426 g/mol. The number of fused-ring (bicyclic) bond motifs is 1. The van der Waals surface area contributed by atoms with Gasteiger partial charge in [-0.25, -0.2) is 12.4 Å². The minimum Gasteiger partial charge on any atom is -0.370 e. The predicted octanol–water partition coefficient (Wildman–Crippen LogP) is 4.87. The summed E-state index contributed by atoms with van der Waals surface area (Å²) < 4.78 is 27.8. The van der Waals surface area contributed by atoms with Gasteiger partial charge in [0.2, 0.25) is 0 Å². The lowest BCUT2D eigenvalue weighted by Gasteiger charge is -2.21. The summed E-state index contributed by atoms with van der Waals surface area (Å²) in [6, 6.07) is 16.5. The Morgan fingerprint density at radius 1 is 1.10 bits per heavy atom. The zero-order chi connectivity index (χ0) is 20.6. The summed E-state index contributed by atoms with van der Waals surface area (Å²) in [5, 5.41) is 1.59. The Labute approximate surface area is 175 Å². The van der Waals surface area contributed by atoms with Crippen molar-refractivity contribution >= 4 is 38.2 Å². The van der Waals surface area contributed by atoms with E-state index in [2.05, 4.69) is 9.88 Å². The number of nitrogens with zero attached hydrogens (tertiary/aromatic N) is 3. The fourth-order valence-corrected chi connectivity index (χ4v) is 5.13. The van der Waals surface area contributed by atoms with Crippen molar-refractivity contribution in [1.29, 1.82) is 0 Å². The van der Waals surface area contributed by atoms with Gasteiger partial charge in [0.25, 0.3) is 10.0 Å². The van der Waals surface area contributed by atoms with Crippen LogP contribution in [0.15, 0.2) is 78.1 Å². The van der Waals surface area contributed by atoms with Crippen molar-refractivity contribution in [2.45, 2.75) is 18.4 Å². The molecule has 0 atom stereocenters. The van der Waals surface area contributed by atoms with Gasteiger partial charge in [-0.3, -0.25) is 4.98 Å². The molecule has 0 N–H and O–H groups in total. The summed E-state index contributed by atoms with van der Waals surface area (Å²) in [6.07, 6.45) is 4.63. The first-order chi connectivity index (χ1) is 13.9. The molecule has 2 heterocycles. The Kier molecular flexibility index (Phi) is 5.06. The van der Waals surface area contributed by atoms with E-state index in [4.69, 9.17) is 11.6 Å². The van der Waals surface area contributed by atoms with Crippen LogP contribution in [0.1, 0.15) is 11.1 Å². The molecule has 0 spiro atoms.